The maximum atomic E-state index is 6.47. The fraction of sp³-hybridized carbons (Fsp3) is 0.217. The van der Waals surface area contributed by atoms with E-state index in [-0.39, 0.29) is 5.73 Å². The van der Waals surface area contributed by atoms with E-state index in [1.165, 1.54) is 28.4 Å². The Morgan fingerprint density at radius 1 is 0.600 bits per heavy atom. The lowest BCUT2D eigenvalue weighted by atomic mass is 10.2. The Kier molecular flexibility index (Phi) is 4.82. The van der Waals surface area contributed by atoms with Gasteiger partial charge in [-0.15, -0.1) is 0 Å². The highest BCUT2D eigenvalue weighted by Gasteiger charge is 2.47. The van der Waals surface area contributed by atoms with E-state index >= 15 is 0 Å². The van der Waals surface area contributed by atoms with Crippen LogP contribution in [0, 0.1) is 0 Å². The fourth-order valence-electron chi connectivity index (χ4n) is 4.24. The van der Waals surface area contributed by atoms with Gasteiger partial charge in [-0.2, -0.15) is 0 Å². The molecule has 0 bridgehead atoms. The van der Waals surface area contributed by atoms with Crippen LogP contribution in [-0.4, -0.2) is 20.4 Å². The first-order chi connectivity index (χ1) is 12.4. The molecule has 0 N–H and O–H groups in total. The molecule has 1 aliphatic heterocycles. The lowest BCUT2D eigenvalue weighted by Crippen LogP contribution is -2.75. The van der Waals surface area contributed by atoms with E-state index in [0.717, 1.165) is 13.0 Å². The summed E-state index contributed by atoms with van der Waals surface area (Å²) in [4.78, 5) is 0. The van der Waals surface area contributed by atoms with Crippen molar-refractivity contribution in [3.05, 3.63) is 91.0 Å². The monoisotopic (exact) mass is 344 g/mol. The van der Waals surface area contributed by atoms with Gasteiger partial charge in [-0.1, -0.05) is 91.0 Å². The molecule has 2 heteroatoms. The van der Waals surface area contributed by atoms with Crippen molar-refractivity contribution in [3.63, 3.8) is 0 Å². The minimum atomic E-state index is -2.25. The normalized spacial score (nSPS) is 18.0. The van der Waals surface area contributed by atoms with Gasteiger partial charge in [0.1, 0.15) is 0 Å². The number of hydrogen-bond donors (Lipinski definition) is 0. The molecule has 3 aromatic carbocycles. The molecular weight excluding hydrogens is 320 g/mol. The summed E-state index contributed by atoms with van der Waals surface area (Å²) in [5.74, 6) is 0. The molecule has 1 fully saturated rings. The first kappa shape index (κ1) is 16.3. The summed E-state index contributed by atoms with van der Waals surface area (Å²) < 4.78 is 6.47. The SMILES string of the molecule is c1ccc([Si](c2ccccc2)(c2ccccc2)C2CCCCO2)cc1. The quantitative estimate of drug-likeness (QED) is 0.521. The van der Waals surface area contributed by atoms with Crippen molar-refractivity contribution >= 4 is 23.6 Å². The first-order valence-corrected chi connectivity index (χ1v) is 11.3. The average molecular weight is 345 g/mol. The molecule has 1 atom stereocenters. The minimum Gasteiger partial charge on any atom is -0.380 e. The van der Waals surface area contributed by atoms with Crippen molar-refractivity contribution in [2.75, 3.05) is 6.61 Å². The minimum absolute atomic E-state index is 0.286. The molecule has 0 aromatic heterocycles. The van der Waals surface area contributed by atoms with E-state index in [9.17, 15) is 0 Å². The van der Waals surface area contributed by atoms with Crippen molar-refractivity contribution in [1.29, 1.82) is 0 Å². The molecule has 0 aliphatic carbocycles. The molecule has 1 nitrogen and oxygen atoms in total. The lowest BCUT2D eigenvalue weighted by Gasteiger charge is -2.42. The van der Waals surface area contributed by atoms with Crippen LogP contribution in [0.15, 0.2) is 91.0 Å². The molecule has 1 heterocycles. The Labute approximate surface area is 151 Å². The Hall–Kier alpha value is -2.16. The van der Waals surface area contributed by atoms with Crippen LogP contribution in [0.2, 0.25) is 0 Å². The second-order valence-electron chi connectivity index (χ2n) is 6.76. The molecule has 25 heavy (non-hydrogen) atoms. The van der Waals surface area contributed by atoms with Crippen LogP contribution in [0.3, 0.4) is 0 Å². The zero-order valence-corrected chi connectivity index (χ0v) is 15.5. The van der Waals surface area contributed by atoms with E-state index in [4.69, 9.17) is 4.74 Å². The maximum Gasteiger partial charge on any atom is 0.179 e. The molecule has 1 saturated heterocycles. The molecule has 0 amide bonds. The van der Waals surface area contributed by atoms with Gasteiger partial charge < -0.3 is 4.74 Å². The van der Waals surface area contributed by atoms with Crippen LogP contribution in [0.25, 0.3) is 0 Å². The van der Waals surface area contributed by atoms with Crippen LogP contribution in [0.5, 0.6) is 0 Å². The highest BCUT2D eigenvalue weighted by atomic mass is 28.3. The highest BCUT2D eigenvalue weighted by molar-refractivity contribution is 7.12. The van der Waals surface area contributed by atoms with Crippen molar-refractivity contribution in [2.45, 2.75) is 25.0 Å². The summed E-state index contributed by atoms with van der Waals surface area (Å²) in [5, 5.41) is 4.33. The van der Waals surface area contributed by atoms with Gasteiger partial charge in [0.2, 0.25) is 0 Å². The molecule has 1 aliphatic rings. The molecular formula is C23H24OSi. The number of rotatable bonds is 4. The number of benzene rings is 3. The fourth-order valence-corrected chi connectivity index (χ4v) is 9.52. The van der Waals surface area contributed by atoms with Crippen LogP contribution in [0.1, 0.15) is 19.3 Å². The first-order valence-electron chi connectivity index (χ1n) is 9.20. The highest BCUT2D eigenvalue weighted by Crippen LogP contribution is 2.23. The third-order valence-electron chi connectivity index (χ3n) is 5.35. The van der Waals surface area contributed by atoms with Crippen molar-refractivity contribution in [2.24, 2.45) is 0 Å². The van der Waals surface area contributed by atoms with Crippen molar-refractivity contribution < 1.29 is 4.74 Å². The van der Waals surface area contributed by atoms with Gasteiger partial charge in [0, 0.05) is 6.61 Å². The van der Waals surface area contributed by atoms with Gasteiger partial charge >= 0.3 is 0 Å². The van der Waals surface area contributed by atoms with Crippen molar-refractivity contribution in [3.8, 4) is 0 Å². The summed E-state index contributed by atoms with van der Waals surface area (Å²) in [6.07, 6.45) is 3.58. The Bertz CT molecular complexity index is 683. The van der Waals surface area contributed by atoms with E-state index < -0.39 is 8.07 Å². The van der Waals surface area contributed by atoms with Crippen LogP contribution in [0.4, 0.5) is 0 Å². The van der Waals surface area contributed by atoms with E-state index in [1.807, 2.05) is 0 Å². The lowest BCUT2D eigenvalue weighted by molar-refractivity contribution is 0.0626. The van der Waals surface area contributed by atoms with E-state index in [1.54, 1.807) is 0 Å². The third kappa shape index (κ3) is 2.96. The maximum absolute atomic E-state index is 6.47. The van der Waals surface area contributed by atoms with E-state index in [2.05, 4.69) is 91.0 Å². The van der Waals surface area contributed by atoms with Crippen molar-refractivity contribution in [1.82, 2.24) is 0 Å². The topological polar surface area (TPSA) is 9.23 Å². The van der Waals surface area contributed by atoms with Gasteiger partial charge in [-0.05, 0) is 34.8 Å². The number of ether oxygens (including phenoxy) is 1. The van der Waals surface area contributed by atoms with Gasteiger partial charge in [0.25, 0.3) is 0 Å². The summed E-state index contributed by atoms with van der Waals surface area (Å²) in [6.45, 7) is 0.881. The predicted molar refractivity (Wildman–Crippen MR) is 108 cm³/mol. The van der Waals surface area contributed by atoms with E-state index in [0.29, 0.717) is 0 Å². The molecule has 4 rings (SSSR count). The van der Waals surface area contributed by atoms with Gasteiger partial charge in [0.15, 0.2) is 8.07 Å². The van der Waals surface area contributed by atoms with Crippen LogP contribution < -0.4 is 15.6 Å². The molecule has 0 spiro atoms. The standard InChI is InChI=1S/C23H24OSi/c1-4-12-20(13-5-1)25(21-14-6-2-7-15-21,22-16-8-3-9-17-22)23-18-10-11-19-24-23/h1-9,12-17,23H,10-11,18-19H2. The zero-order chi connectivity index (χ0) is 17.0. The predicted octanol–water partition coefficient (Wildman–Crippen LogP) is 3.27. The second kappa shape index (κ2) is 7.38. The smallest absolute Gasteiger partial charge is 0.179 e. The second-order valence-corrected chi connectivity index (χ2v) is 10.8. The van der Waals surface area contributed by atoms with Gasteiger partial charge in [-0.25, -0.2) is 0 Å². The summed E-state index contributed by atoms with van der Waals surface area (Å²) in [5.41, 5.74) is 0.286. The van der Waals surface area contributed by atoms with Crippen LogP contribution >= 0.6 is 0 Å². The summed E-state index contributed by atoms with van der Waals surface area (Å²) in [7, 11) is -2.25. The summed E-state index contributed by atoms with van der Waals surface area (Å²) in [6, 6.07) is 33.2. The molecule has 0 radical (unpaired) electrons. The largest absolute Gasteiger partial charge is 0.380 e. The molecule has 0 saturated carbocycles. The Morgan fingerprint density at radius 3 is 1.40 bits per heavy atom. The zero-order valence-electron chi connectivity index (χ0n) is 14.5. The average Bonchev–Trinajstić information content (AvgIpc) is 2.72. The third-order valence-corrected chi connectivity index (χ3v) is 10.5. The Morgan fingerprint density at radius 2 is 1.04 bits per heavy atom. The van der Waals surface area contributed by atoms with Gasteiger partial charge in [-0.3, -0.25) is 0 Å². The number of hydrogen-bond acceptors (Lipinski definition) is 1. The molecule has 1 unspecified atom stereocenters. The van der Waals surface area contributed by atoms with Crippen LogP contribution in [-0.2, 0) is 4.74 Å². The van der Waals surface area contributed by atoms with Gasteiger partial charge in [0.05, 0.1) is 5.73 Å². The molecule has 3 aromatic rings. The molecule has 126 valence electrons. The Balaban J connectivity index is 2.01. The summed E-state index contributed by atoms with van der Waals surface area (Å²) >= 11 is 0.